The van der Waals surface area contributed by atoms with E-state index in [1.54, 1.807) is 24.3 Å². The van der Waals surface area contributed by atoms with Gasteiger partial charge in [-0.1, -0.05) is 17.3 Å². The zero-order chi connectivity index (χ0) is 17.6. The van der Waals surface area contributed by atoms with Crippen LogP contribution in [0.3, 0.4) is 0 Å². The van der Waals surface area contributed by atoms with E-state index in [0.29, 0.717) is 23.7 Å². The number of hydrogen-bond donors (Lipinski definition) is 1. The lowest BCUT2D eigenvalue weighted by Crippen LogP contribution is -2.39. The second-order valence-corrected chi connectivity index (χ2v) is 7.02. The van der Waals surface area contributed by atoms with Gasteiger partial charge in [0.2, 0.25) is 5.91 Å². The first-order valence-electron chi connectivity index (χ1n) is 8.39. The highest BCUT2D eigenvalue weighted by atomic mass is 16.8. The topological polar surface area (TPSA) is 95.3 Å². The van der Waals surface area contributed by atoms with E-state index in [0.717, 1.165) is 4.68 Å². The molecule has 1 aromatic carbocycles. The monoisotopic (exact) mass is 344 g/mol. The first-order chi connectivity index (χ1) is 11.9. The van der Waals surface area contributed by atoms with Crippen LogP contribution < -0.4 is 10.9 Å². The Hall–Kier alpha value is -2.32. The Kier molecular flexibility index (Phi) is 3.81. The molecule has 1 saturated carbocycles. The number of nitrogens with zero attached hydrogens (tertiary/aromatic N) is 3. The van der Waals surface area contributed by atoms with Crippen molar-refractivity contribution >= 4 is 16.8 Å². The Morgan fingerprint density at radius 1 is 1.28 bits per heavy atom. The zero-order valence-electron chi connectivity index (χ0n) is 14.1. The number of amides is 1. The number of carbonyl (C=O) groups excluding carboxylic acids is 1. The van der Waals surface area contributed by atoms with Gasteiger partial charge >= 0.3 is 0 Å². The second kappa shape index (κ2) is 5.89. The highest BCUT2D eigenvalue weighted by molar-refractivity contribution is 5.78. The number of benzene rings is 1. The Bertz CT molecular complexity index is 862. The van der Waals surface area contributed by atoms with Crippen LogP contribution in [0.4, 0.5) is 0 Å². The molecule has 0 bridgehead atoms. The van der Waals surface area contributed by atoms with Crippen LogP contribution in [-0.4, -0.2) is 44.9 Å². The Morgan fingerprint density at radius 2 is 1.96 bits per heavy atom. The van der Waals surface area contributed by atoms with E-state index in [2.05, 4.69) is 15.6 Å². The Labute approximate surface area is 144 Å². The largest absolute Gasteiger partial charge is 0.352 e. The van der Waals surface area contributed by atoms with Gasteiger partial charge in [-0.15, -0.1) is 5.10 Å². The van der Waals surface area contributed by atoms with Crippen molar-refractivity contribution < 1.29 is 14.3 Å². The predicted molar refractivity (Wildman–Crippen MR) is 88.8 cm³/mol. The summed E-state index contributed by atoms with van der Waals surface area (Å²) in [6.45, 7) is 3.63. The maximum absolute atomic E-state index is 12.4. The van der Waals surface area contributed by atoms with Gasteiger partial charge in [0.25, 0.3) is 5.56 Å². The summed E-state index contributed by atoms with van der Waals surface area (Å²) in [5.41, 5.74) is 0.196. The highest BCUT2D eigenvalue weighted by Crippen LogP contribution is 2.37. The number of rotatable bonds is 3. The van der Waals surface area contributed by atoms with Crippen molar-refractivity contribution in [1.29, 1.82) is 0 Å². The molecule has 25 heavy (non-hydrogen) atoms. The Balaban J connectivity index is 1.41. The van der Waals surface area contributed by atoms with Crippen molar-refractivity contribution in [1.82, 2.24) is 20.3 Å². The van der Waals surface area contributed by atoms with E-state index >= 15 is 0 Å². The Morgan fingerprint density at radius 3 is 2.68 bits per heavy atom. The minimum absolute atomic E-state index is 0.00323. The molecular weight excluding hydrogens is 324 g/mol. The van der Waals surface area contributed by atoms with E-state index in [4.69, 9.17) is 9.47 Å². The number of fused-ring (bicyclic) bond motifs is 2. The quantitative estimate of drug-likeness (QED) is 0.876. The first-order valence-corrected chi connectivity index (χ1v) is 8.39. The summed E-state index contributed by atoms with van der Waals surface area (Å²) < 4.78 is 12.7. The summed E-state index contributed by atoms with van der Waals surface area (Å²) in [5.74, 6) is -0.825. The normalized spacial score (nSPS) is 27.4. The number of carbonyl (C=O) groups is 1. The number of nitrogens with one attached hydrogen (secondary N) is 1. The molecule has 1 aliphatic carbocycles. The average Bonchev–Trinajstić information content (AvgIpc) is 3.02. The molecule has 1 aliphatic heterocycles. The van der Waals surface area contributed by atoms with Crippen LogP contribution in [0, 0.1) is 0 Å². The van der Waals surface area contributed by atoms with Gasteiger partial charge in [-0.05, 0) is 38.8 Å². The summed E-state index contributed by atoms with van der Waals surface area (Å²) >= 11 is 0. The summed E-state index contributed by atoms with van der Waals surface area (Å²) in [6, 6.07) is 6.91. The van der Waals surface area contributed by atoms with Crippen molar-refractivity contribution in [2.24, 2.45) is 0 Å². The molecule has 1 N–H and O–H groups in total. The summed E-state index contributed by atoms with van der Waals surface area (Å²) in [4.78, 5) is 24.7. The molecule has 2 fully saturated rings. The third-order valence-electron chi connectivity index (χ3n) is 4.61. The maximum Gasteiger partial charge on any atom is 0.278 e. The number of aromatic nitrogens is 3. The third kappa shape index (κ3) is 3.14. The van der Waals surface area contributed by atoms with Crippen LogP contribution in [0.25, 0.3) is 10.9 Å². The molecule has 132 valence electrons. The molecule has 1 aromatic heterocycles. The molecule has 0 spiro atoms. The van der Waals surface area contributed by atoms with E-state index in [1.807, 2.05) is 13.8 Å². The lowest BCUT2D eigenvalue weighted by Gasteiger charge is -2.21. The minimum Gasteiger partial charge on any atom is -0.352 e. The number of hydrogen-bond acceptors (Lipinski definition) is 6. The molecule has 2 heterocycles. The molecule has 1 saturated heterocycles. The lowest BCUT2D eigenvalue weighted by atomic mass is 10.2. The molecule has 3 atom stereocenters. The molecule has 2 aromatic rings. The van der Waals surface area contributed by atoms with Crippen LogP contribution in [0.5, 0.6) is 0 Å². The molecule has 0 radical (unpaired) electrons. The summed E-state index contributed by atoms with van der Waals surface area (Å²) in [5, 5.41) is 11.2. The SMILES string of the molecule is CC1(C)O[C@H]2CC(NC(=O)Cn3nnc4ccccc4c3=O)C[C@H]2O1. The standard InChI is InChI=1S/C17H20N4O4/c1-17(2)24-13-7-10(8-14(13)25-17)18-15(22)9-21-16(23)11-5-3-4-6-12(11)19-20-21/h3-6,10,13-14H,7-9H2,1-2H3,(H,18,22)/t10?,13-,14+. The van der Waals surface area contributed by atoms with Crippen LogP contribution >= 0.6 is 0 Å². The average molecular weight is 344 g/mol. The molecule has 1 unspecified atom stereocenters. The van der Waals surface area contributed by atoms with Crippen LogP contribution in [-0.2, 0) is 20.8 Å². The molecular formula is C17H20N4O4. The van der Waals surface area contributed by atoms with Crippen molar-refractivity contribution in [3.05, 3.63) is 34.6 Å². The van der Waals surface area contributed by atoms with Gasteiger partial charge in [0.05, 0.1) is 17.6 Å². The third-order valence-corrected chi connectivity index (χ3v) is 4.61. The fraction of sp³-hybridized carbons (Fsp3) is 0.529. The summed E-state index contributed by atoms with van der Waals surface area (Å²) in [7, 11) is 0. The minimum atomic E-state index is -0.557. The van der Waals surface area contributed by atoms with Crippen LogP contribution in [0.15, 0.2) is 29.1 Å². The second-order valence-electron chi connectivity index (χ2n) is 7.02. The lowest BCUT2D eigenvalue weighted by molar-refractivity contribution is -0.152. The van der Waals surface area contributed by atoms with Gasteiger partial charge in [0, 0.05) is 6.04 Å². The maximum atomic E-state index is 12.4. The van der Waals surface area contributed by atoms with Gasteiger partial charge in [-0.25, -0.2) is 4.68 Å². The van der Waals surface area contributed by atoms with Crippen LogP contribution in [0.1, 0.15) is 26.7 Å². The van der Waals surface area contributed by atoms with Crippen molar-refractivity contribution in [3.63, 3.8) is 0 Å². The summed E-state index contributed by atoms with van der Waals surface area (Å²) in [6.07, 6.45) is 1.42. The van der Waals surface area contributed by atoms with E-state index in [1.165, 1.54) is 0 Å². The van der Waals surface area contributed by atoms with Crippen molar-refractivity contribution in [2.45, 2.75) is 57.3 Å². The van der Waals surface area contributed by atoms with Crippen molar-refractivity contribution in [2.75, 3.05) is 0 Å². The first kappa shape index (κ1) is 16.2. The van der Waals surface area contributed by atoms with Crippen molar-refractivity contribution in [3.8, 4) is 0 Å². The smallest absolute Gasteiger partial charge is 0.278 e. The molecule has 8 heteroatoms. The van der Waals surface area contributed by atoms with Gasteiger partial charge in [0.1, 0.15) is 12.1 Å². The fourth-order valence-corrected chi connectivity index (χ4v) is 3.62. The molecule has 1 amide bonds. The zero-order valence-corrected chi connectivity index (χ0v) is 14.1. The van der Waals surface area contributed by atoms with Gasteiger partial charge in [0.15, 0.2) is 5.79 Å². The van der Waals surface area contributed by atoms with Gasteiger partial charge < -0.3 is 14.8 Å². The highest BCUT2D eigenvalue weighted by Gasteiger charge is 2.47. The van der Waals surface area contributed by atoms with Gasteiger partial charge in [-0.2, -0.15) is 0 Å². The number of ether oxygens (including phenoxy) is 2. The molecule has 4 rings (SSSR count). The molecule has 2 aliphatic rings. The van der Waals surface area contributed by atoms with E-state index in [9.17, 15) is 9.59 Å². The van der Waals surface area contributed by atoms with E-state index < -0.39 is 5.79 Å². The molecule has 8 nitrogen and oxygen atoms in total. The van der Waals surface area contributed by atoms with E-state index in [-0.39, 0.29) is 36.3 Å². The van der Waals surface area contributed by atoms with Gasteiger partial charge in [-0.3, -0.25) is 9.59 Å². The fourth-order valence-electron chi connectivity index (χ4n) is 3.62. The predicted octanol–water partition coefficient (Wildman–Crippen LogP) is 0.590. The van der Waals surface area contributed by atoms with Crippen LogP contribution in [0.2, 0.25) is 0 Å².